The number of hydrogen-bond donors (Lipinski definition) is 2. The zero-order valence-corrected chi connectivity index (χ0v) is 17.8. The maximum absolute atomic E-state index is 12.8. The predicted molar refractivity (Wildman–Crippen MR) is 116 cm³/mol. The second kappa shape index (κ2) is 9.56. The molecule has 1 fully saturated rings. The first-order valence-electron chi connectivity index (χ1n) is 10.7. The number of carboxylic acid groups (broad SMARTS) is 1. The van der Waals surface area contributed by atoms with E-state index in [1.807, 2.05) is 24.3 Å². The highest BCUT2D eigenvalue weighted by atomic mass is 19.4. The topological polar surface area (TPSA) is 76.4 Å². The number of alkyl halides is 3. The Morgan fingerprint density at radius 3 is 2.39 bits per heavy atom. The fourth-order valence-corrected chi connectivity index (χ4v) is 3.72. The van der Waals surface area contributed by atoms with Crippen molar-refractivity contribution >= 4 is 11.7 Å². The van der Waals surface area contributed by atoms with Crippen LogP contribution >= 0.6 is 0 Å². The summed E-state index contributed by atoms with van der Waals surface area (Å²) in [4.78, 5) is 10.7. The Hall–Kier alpha value is -3.49. The lowest BCUT2D eigenvalue weighted by Crippen LogP contribution is -2.24. The Morgan fingerprint density at radius 1 is 1.15 bits per heavy atom. The van der Waals surface area contributed by atoms with Gasteiger partial charge >= 0.3 is 12.1 Å². The number of benzene rings is 2. The lowest BCUT2D eigenvalue weighted by atomic mass is 9.78. The summed E-state index contributed by atoms with van der Waals surface area (Å²) in [6.07, 6.45) is 0.513. The molecule has 0 bridgehead atoms. The highest BCUT2D eigenvalue weighted by molar-refractivity contribution is 5.67. The van der Waals surface area contributed by atoms with Gasteiger partial charge in [-0.3, -0.25) is 4.79 Å². The van der Waals surface area contributed by atoms with Crippen LogP contribution in [0.1, 0.15) is 42.9 Å². The molecule has 1 saturated carbocycles. The molecular weight excluding hydrogens is 435 g/mol. The van der Waals surface area contributed by atoms with Gasteiger partial charge in [-0.15, -0.1) is 0 Å². The number of aromatic nitrogens is 2. The molecule has 2 aromatic carbocycles. The van der Waals surface area contributed by atoms with Gasteiger partial charge in [0.2, 0.25) is 0 Å². The number of carboxylic acids is 1. The molecule has 33 heavy (non-hydrogen) atoms. The average molecular weight is 459 g/mol. The number of aliphatic carboxylic acids is 1. The van der Waals surface area contributed by atoms with Crippen molar-refractivity contribution in [3.8, 4) is 11.4 Å². The minimum atomic E-state index is -4.43. The van der Waals surface area contributed by atoms with E-state index in [-0.39, 0.29) is 12.5 Å². The number of hydrogen-bond acceptors (Lipinski definition) is 4. The van der Waals surface area contributed by atoms with Crippen LogP contribution in [0.15, 0.2) is 60.9 Å². The first-order chi connectivity index (χ1) is 15.8. The molecular formula is C24H24F3N3O3. The molecule has 6 nitrogen and oxygen atoms in total. The standard InChI is InChI=1S/C24H24F3N3O3/c25-24(26,27)18-14-29-30(15-18)20-8-10-21(11-9-20)33-23(16-2-1-3-16)17-4-6-19(7-5-17)28-13-12-22(31)32/h4-11,14-16,23,28H,1-3,12-13H2,(H,31,32). The van der Waals surface area contributed by atoms with Gasteiger partial charge in [-0.2, -0.15) is 18.3 Å². The highest BCUT2D eigenvalue weighted by Gasteiger charge is 2.32. The molecule has 0 aliphatic heterocycles. The minimum absolute atomic E-state index is 0.0433. The lowest BCUT2D eigenvalue weighted by molar-refractivity contribution is -0.138. The second-order valence-electron chi connectivity index (χ2n) is 8.09. The first-order valence-corrected chi connectivity index (χ1v) is 10.7. The number of anilines is 1. The molecule has 0 amide bonds. The summed E-state index contributed by atoms with van der Waals surface area (Å²) in [6.45, 7) is 0.351. The summed E-state index contributed by atoms with van der Waals surface area (Å²) in [5, 5.41) is 15.6. The van der Waals surface area contributed by atoms with Gasteiger partial charge in [0, 0.05) is 24.3 Å². The molecule has 2 N–H and O–H groups in total. The molecule has 1 atom stereocenters. The van der Waals surface area contributed by atoms with Crippen molar-refractivity contribution in [1.29, 1.82) is 0 Å². The summed E-state index contributed by atoms with van der Waals surface area (Å²) in [5.74, 6) is 0.162. The maximum Gasteiger partial charge on any atom is 0.419 e. The Morgan fingerprint density at radius 2 is 1.85 bits per heavy atom. The van der Waals surface area contributed by atoms with E-state index >= 15 is 0 Å². The maximum atomic E-state index is 12.8. The van der Waals surface area contributed by atoms with Gasteiger partial charge in [-0.1, -0.05) is 18.6 Å². The van der Waals surface area contributed by atoms with Crippen molar-refractivity contribution in [3.63, 3.8) is 0 Å². The highest BCUT2D eigenvalue weighted by Crippen LogP contribution is 2.41. The van der Waals surface area contributed by atoms with E-state index < -0.39 is 17.7 Å². The molecule has 1 aromatic heterocycles. The van der Waals surface area contributed by atoms with Gasteiger partial charge < -0.3 is 15.2 Å². The Balaban J connectivity index is 1.44. The van der Waals surface area contributed by atoms with Crippen LogP contribution in [0.3, 0.4) is 0 Å². The van der Waals surface area contributed by atoms with E-state index in [4.69, 9.17) is 9.84 Å². The summed E-state index contributed by atoms with van der Waals surface area (Å²) < 4.78 is 45.9. The second-order valence-corrected chi connectivity index (χ2v) is 8.09. The van der Waals surface area contributed by atoms with Crippen molar-refractivity contribution in [2.75, 3.05) is 11.9 Å². The fraction of sp³-hybridized carbons (Fsp3) is 0.333. The largest absolute Gasteiger partial charge is 0.485 e. The van der Waals surface area contributed by atoms with Gasteiger partial charge in [-0.25, -0.2) is 4.68 Å². The van der Waals surface area contributed by atoms with Gasteiger partial charge in [0.1, 0.15) is 11.9 Å². The number of halogens is 3. The predicted octanol–water partition coefficient (Wildman–Crippen LogP) is 5.70. The molecule has 9 heteroatoms. The summed E-state index contributed by atoms with van der Waals surface area (Å²) >= 11 is 0. The fourth-order valence-electron chi connectivity index (χ4n) is 3.72. The van der Waals surface area contributed by atoms with Crippen LogP contribution in [0, 0.1) is 5.92 Å². The summed E-state index contributed by atoms with van der Waals surface area (Å²) in [5.41, 5.74) is 1.58. The molecule has 0 spiro atoms. The smallest absolute Gasteiger partial charge is 0.419 e. The van der Waals surface area contributed by atoms with Crippen molar-refractivity contribution in [2.45, 2.75) is 38.0 Å². The normalized spacial score (nSPS) is 15.0. The van der Waals surface area contributed by atoms with Gasteiger partial charge in [0.25, 0.3) is 0 Å². The lowest BCUT2D eigenvalue weighted by Gasteiger charge is -2.34. The van der Waals surface area contributed by atoms with Crippen LogP contribution in [0.4, 0.5) is 18.9 Å². The zero-order chi connectivity index (χ0) is 23.4. The van der Waals surface area contributed by atoms with Crippen LogP contribution in [0.25, 0.3) is 5.69 Å². The molecule has 0 saturated heterocycles. The summed E-state index contributed by atoms with van der Waals surface area (Å²) in [6, 6.07) is 14.6. The van der Waals surface area contributed by atoms with E-state index in [0.717, 1.165) is 42.9 Å². The Kier molecular flexibility index (Phi) is 6.57. The zero-order valence-electron chi connectivity index (χ0n) is 17.8. The minimum Gasteiger partial charge on any atom is -0.485 e. The van der Waals surface area contributed by atoms with E-state index in [1.54, 1.807) is 24.3 Å². The van der Waals surface area contributed by atoms with Gasteiger partial charge in [0.05, 0.1) is 23.9 Å². The molecule has 1 heterocycles. The van der Waals surface area contributed by atoms with E-state index in [0.29, 0.717) is 23.9 Å². The molecule has 1 aliphatic carbocycles. The number of ether oxygens (including phenoxy) is 1. The van der Waals surface area contributed by atoms with Crippen molar-refractivity contribution in [1.82, 2.24) is 9.78 Å². The van der Waals surface area contributed by atoms with Gasteiger partial charge in [0.15, 0.2) is 0 Å². The van der Waals surface area contributed by atoms with Crippen LogP contribution in [-0.2, 0) is 11.0 Å². The molecule has 174 valence electrons. The third-order valence-corrected chi connectivity index (χ3v) is 5.76. The van der Waals surface area contributed by atoms with Crippen LogP contribution in [0.2, 0.25) is 0 Å². The van der Waals surface area contributed by atoms with Crippen molar-refractivity contribution < 1.29 is 27.8 Å². The number of carbonyl (C=O) groups is 1. The van der Waals surface area contributed by atoms with E-state index in [1.165, 1.54) is 4.68 Å². The third kappa shape index (κ3) is 5.66. The monoisotopic (exact) mass is 459 g/mol. The van der Waals surface area contributed by atoms with Crippen LogP contribution in [-0.4, -0.2) is 27.4 Å². The van der Waals surface area contributed by atoms with Gasteiger partial charge in [-0.05, 0) is 54.8 Å². The van der Waals surface area contributed by atoms with Crippen molar-refractivity contribution in [3.05, 3.63) is 72.1 Å². The van der Waals surface area contributed by atoms with E-state index in [9.17, 15) is 18.0 Å². The number of nitrogens with zero attached hydrogens (tertiary/aromatic N) is 2. The van der Waals surface area contributed by atoms with E-state index in [2.05, 4.69) is 10.4 Å². The molecule has 4 rings (SSSR count). The van der Waals surface area contributed by atoms with Crippen LogP contribution < -0.4 is 10.1 Å². The molecule has 1 unspecified atom stereocenters. The van der Waals surface area contributed by atoms with Crippen molar-refractivity contribution in [2.24, 2.45) is 5.92 Å². The Labute approximate surface area is 189 Å². The SMILES string of the molecule is O=C(O)CCNc1ccc(C(Oc2ccc(-n3cc(C(F)(F)F)cn3)cc2)C2CCC2)cc1. The number of rotatable bonds is 9. The molecule has 3 aromatic rings. The first kappa shape index (κ1) is 22.7. The molecule has 1 aliphatic rings. The number of nitrogens with one attached hydrogen (secondary N) is 1. The third-order valence-electron chi connectivity index (χ3n) is 5.76. The Bertz CT molecular complexity index is 1070. The molecule has 0 radical (unpaired) electrons. The average Bonchev–Trinajstić information content (AvgIpc) is 3.24. The summed E-state index contributed by atoms with van der Waals surface area (Å²) in [7, 11) is 0. The quantitative estimate of drug-likeness (QED) is 0.429. The van der Waals surface area contributed by atoms with Crippen LogP contribution in [0.5, 0.6) is 5.75 Å².